The van der Waals surface area contributed by atoms with Crippen molar-refractivity contribution in [3.63, 3.8) is 0 Å². The van der Waals surface area contributed by atoms with Crippen LogP contribution in [0.2, 0.25) is 5.02 Å². The maximum atomic E-state index is 12.5. The molecule has 4 nitrogen and oxygen atoms in total. The lowest BCUT2D eigenvalue weighted by atomic mass is 9.98. The number of carbonyl (C=O) groups excluding carboxylic acids is 1. The first-order valence-electron chi connectivity index (χ1n) is 11.6. The van der Waals surface area contributed by atoms with Gasteiger partial charge in [-0.05, 0) is 71.4 Å². The molecule has 34 heavy (non-hydrogen) atoms. The van der Waals surface area contributed by atoms with Crippen LogP contribution in [-0.2, 0) is 4.79 Å². The number of hydrogen-bond donors (Lipinski definition) is 1. The molecule has 1 atom stereocenters. The Balaban J connectivity index is 1.52. The summed E-state index contributed by atoms with van der Waals surface area (Å²) in [5.74, 6) is 1.16. The number of anilines is 1. The molecule has 0 unspecified atom stereocenters. The van der Waals surface area contributed by atoms with Gasteiger partial charge >= 0.3 is 0 Å². The summed E-state index contributed by atoms with van der Waals surface area (Å²) in [7, 11) is 0. The third kappa shape index (κ3) is 5.40. The lowest BCUT2D eigenvalue weighted by molar-refractivity contribution is -0.111. The molecule has 0 aliphatic heterocycles. The number of amides is 1. The summed E-state index contributed by atoms with van der Waals surface area (Å²) in [5.41, 5.74) is 6.27. The zero-order valence-corrected chi connectivity index (χ0v) is 20.7. The van der Waals surface area contributed by atoms with E-state index in [0.29, 0.717) is 28.4 Å². The Hall–Kier alpha value is -3.37. The lowest BCUT2D eigenvalue weighted by Crippen LogP contribution is -2.08. The Morgan fingerprint density at radius 3 is 2.47 bits per heavy atom. The van der Waals surface area contributed by atoms with Crippen molar-refractivity contribution in [2.75, 3.05) is 5.32 Å². The zero-order valence-electron chi connectivity index (χ0n) is 19.9. The molecule has 0 spiro atoms. The molecule has 1 amide bonds. The van der Waals surface area contributed by atoms with E-state index in [2.05, 4.69) is 62.3 Å². The highest BCUT2D eigenvalue weighted by Crippen LogP contribution is 2.32. The number of fused-ring (bicyclic) bond motifs is 1. The van der Waals surface area contributed by atoms with Gasteiger partial charge < -0.3 is 9.73 Å². The predicted octanol–water partition coefficient (Wildman–Crippen LogP) is 8.44. The van der Waals surface area contributed by atoms with E-state index in [1.54, 1.807) is 18.2 Å². The second kappa shape index (κ2) is 10.3. The van der Waals surface area contributed by atoms with Gasteiger partial charge in [-0.15, -0.1) is 0 Å². The molecule has 0 fully saturated rings. The number of nitrogens with zero attached hydrogens (tertiary/aromatic N) is 1. The van der Waals surface area contributed by atoms with Crippen LogP contribution in [0.3, 0.4) is 0 Å². The van der Waals surface area contributed by atoms with Crippen LogP contribution in [-0.4, -0.2) is 10.9 Å². The Morgan fingerprint density at radius 2 is 1.76 bits per heavy atom. The minimum Gasteiger partial charge on any atom is -0.436 e. The number of carbonyl (C=O) groups is 1. The summed E-state index contributed by atoms with van der Waals surface area (Å²) in [6.45, 7) is 8.68. The Labute approximate surface area is 205 Å². The number of aromatic nitrogens is 1. The van der Waals surface area contributed by atoms with Gasteiger partial charge in [0.2, 0.25) is 11.8 Å². The van der Waals surface area contributed by atoms with E-state index in [1.165, 1.54) is 17.2 Å². The van der Waals surface area contributed by atoms with Crippen LogP contribution in [0.1, 0.15) is 62.6 Å². The molecule has 0 bridgehead atoms. The van der Waals surface area contributed by atoms with E-state index < -0.39 is 0 Å². The average molecular weight is 473 g/mol. The van der Waals surface area contributed by atoms with Crippen molar-refractivity contribution in [2.24, 2.45) is 0 Å². The van der Waals surface area contributed by atoms with Crippen molar-refractivity contribution in [1.82, 2.24) is 4.98 Å². The van der Waals surface area contributed by atoms with Crippen molar-refractivity contribution >= 4 is 40.4 Å². The Kier molecular flexibility index (Phi) is 7.18. The van der Waals surface area contributed by atoms with Crippen LogP contribution < -0.4 is 5.32 Å². The fraction of sp³-hybridized carbons (Fsp3) is 0.241. The van der Waals surface area contributed by atoms with Crippen molar-refractivity contribution in [3.8, 4) is 11.5 Å². The fourth-order valence-corrected chi connectivity index (χ4v) is 3.87. The molecule has 174 valence electrons. The number of hydrogen-bond acceptors (Lipinski definition) is 3. The largest absolute Gasteiger partial charge is 0.436 e. The smallest absolute Gasteiger partial charge is 0.248 e. The molecule has 4 rings (SSSR count). The molecule has 1 aromatic heterocycles. The first kappa shape index (κ1) is 23.8. The molecule has 0 radical (unpaired) electrons. The quantitative estimate of drug-likeness (QED) is 0.274. The average Bonchev–Trinajstić information content (AvgIpc) is 3.27. The van der Waals surface area contributed by atoms with Crippen LogP contribution >= 0.6 is 11.6 Å². The maximum absolute atomic E-state index is 12.5. The summed E-state index contributed by atoms with van der Waals surface area (Å²) in [5, 5.41) is 3.30. The van der Waals surface area contributed by atoms with E-state index in [1.807, 2.05) is 24.3 Å². The van der Waals surface area contributed by atoms with Crippen LogP contribution in [0.5, 0.6) is 0 Å². The summed E-state index contributed by atoms with van der Waals surface area (Å²) in [6.07, 6.45) is 4.35. The monoisotopic (exact) mass is 472 g/mol. The molecule has 0 saturated heterocycles. The van der Waals surface area contributed by atoms with Gasteiger partial charge in [-0.3, -0.25) is 4.79 Å². The second-order valence-electron chi connectivity index (χ2n) is 8.89. The predicted molar refractivity (Wildman–Crippen MR) is 141 cm³/mol. The van der Waals surface area contributed by atoms with Crippen molar-refractivity contribution < 1.29 is 9.21 Å². The van der Waals surface area contributed by atoms with E-state index >= 15 is 0 Å². The fourth-order valence-electron chi connectivity index (χ4n) is 3.70. The molecular formula is C29H29ClN2O2. The minimum absolute atomic E-state index is 0.261. The Morgan fingerprint density at radius 1 is 1.03 bits per heavy atom. The number of benzene rings is 3. The highest BCUT2D eigenvalue weighted by Gasteiger charge is 2.13. The van der Waals surface area contributed by atoms with Gasteiger partial charge in [0, 0.05) is 11.6 Å². The third-order valence-electron chi connectivity index (χ3n) is 6.09. The molecule has 4 aromatic rings. The molecule has 5 heteroatoms. The molecule has 0 saturated carbocycles. The van der Waals surface area contributed by atoms with Crippen molar-refractivity contribution in [3.05, 3.63) is 88.5 Å². The molecule has 0 aliphatic carbocycles. The topological polar surface area (TPSA) is 55.1 Å². The number of nitrogens with one attached hydrogen (secondary N) is 1. The SMILES string of the molecule is CC[C@@H](C)c1ccc2oc(-c3ccc(Cl)c(NC(=O)/C=C/c4ccc(C(C)C)cc4)c3)nc2c1. The zero-order chi connectivity index (χ0) is 24.2. The minimum atomic E-state index is -0.261. The third-order valence-corrected chi connectivity index (χ3v) is 6.42. The Bertz CT molecular complexity index is 1340. The molecule has 1 N–H and O–H groups in total. The maximum Gasteiger partial charge on any atom is 0.248 e. The highest BCUT2D eigenvalue weighted by molar-refractivity contribution is 6.34. The van der Waals surface area contributed by atoms with Gasteiger partial charge in [-0.25, -0.2) is 4.98 Å². The van der Waals surface area contributed by atoms with Gasteiger partial charge in [-0.1, -0.05) is 69.6 Å². The first-order chi connectivity index (χ1) is 16.3. The first-order valence-corrected chi connectivity index (χ1v) is 12.0. The van der Waals surface area contributed by atoms with E-state index in [0.717, 1.165) is 28.6 Å². The summed E-state index contributed by atoms with van der Waals surface area (Å²) >= 11 is 6.35. The molecular weight excluding hydrogens is 444 g/mol. The standard InChI is InChI=1S/C29H29ClN2O2/c1-5-19(4)22-12-14-27-26(16-22)32-29(34-27)23-11-13-24(30)25(17-23)31-28(33)15-8-20-6-9-21(10-7-20)18(2)3/h6-19H,5H2,1-4H3,(H,31,33)/b15-8+/t19-/m1/s1. The number of halogens is 1. The van der Waals surface area contributed by atoms with E-state index in [-0.39, 0.29) is 5.91 Å². The van der Waals surface area contributed by atoms with Crippen molar-refractivity contribution in [1.29, 1.82) is 0 Å². The molecule has 3 aromatic carbocycles. The van der Waals surface area contributed by atoms with Gasteiger partial charge in [-0.2, -0.15) is 0 Å². The van der Waals surface area contributed by atoms with Crippen molar-refractivity contribution in [2.45, 2.75) is 46.0 Å². The summed E-state index contributed by atoms with van der Waals surface area (Å²) in [6, 6.07) is 19.7. The summed E-state index contributed by atoms with van der Waals surface area (Å²) < 4.78 is 5.97. The second-order valence-corrected chi connectivity index (χ2v) is 9.30. The number of rotatable bonds is 7. The normalized spacial score (nSPS) is 12.5. The van der Waals surface area contributed by atoms with Crippen LogP contribution in [0.4, 0.5) is 5.69 Å². The number of oxazole rings is 1. The van der Waals surface area contributed by atoms with Crippen LogP contribution in [0, 0.1) is 0 Å². The van der Waals surface area contributed by atoms with E-state index in [9.17, 15) is 4.79 Å². The summed E-state index contributed by atoms with van der Waals surface area (Å²) in [4.78, 5) is 17.2. The lowest BCUT2D eigenvalue weighted by Gasteiger charge is -2.07. The van der Waals surface area contributed by atoms with Crippen LogP contribution in [0.25, 0.3) is 28.6 Å². The van der Waals surface area contributed by atoms with Gasteiger partial charge in [0.05, 0.1) is 10.7 Å². The van der Waals surface area contributed by atoms with Crippen LogP contribution in [0.15, 0.2) is 71.2 Å². The van der Waals surface area contributed by atoms with Gasteiger partial charge in [0.15, 0.2) is 5.58 Å². The van der Waals surface area contributed by atoms with Gasteiger partial charge in [0.1, 0.15) is 5.52 Å². The van der Waals surface area contributed by atoms with E-state index in [4.69, 9.17) is 16.0 Å². The molecule has 1 heterocycles. The molecule has 0 aliphatic rings. The van der Waals surface area contributed by atoms with Gasteiger partial charge in [0.25, 0.3) is 0 Å². The highest BCUT2D eigenvalue weighted by atomic mass is 35.5.